The Hall–Kier alpha value is -1.49. The molecule has 0 fully saturated rings. The molecule has 8 heteroatoms. The molecule has 28 heavy (non-hydrogen) atoms. The van der Waals surface area contributed by atoms with Gasteiger partial charge in [-0.1, -0.05) is 64.1 Å². The van der Waals surface area contributed by atoms with Crippen molar-refractivity contribution >= 4 is 63.7 Å². The molecular weight excluding hydrogens is 463 g/mol. The molecule has 0 aliphatic heterocycles. The minimum Gasteiger partial charge on any atom is -0.505 e. The van der Waals surface area contributed by atoms with Gasteiger partial charge in [-0.2, -0.15) is 0 Å². The first-order valence-electron chi connectivity index (χ1n) is 8.11. The molecule has 0 amide bonds. The molecule has 0 unspecified atom stereocenters. The molecular formula is C20H14Cl5NO2. The lowest BCUT2D eigenvalue weighted by atomic mass is 10.2. The first-order chi connectivity index (χ1) is 13.3. The van der Waals surface area contributed by atoms with E-state index in [1.54, 1.807) is 48.5 Å². The summed E-state index contributed by atoms with van der Waals surface area (Å²) in [5, 5.41) is 14.8. The van der Waals surface area contributed by atoms with E-state index in [9.17, 15) is 5.11 Å². The van der Waals surface area contributed by atoms with Crippen LogP contribution < -0.4 is 10.1 Å². The van der Waals surface area contributed by atoms with Crippen LogP contribution >= 0.6 is 58.0 Å². The summed E-state index contributed by atoms with van der Waals surface area (Å²) in [5.74, 6) is 0.473. The number of ether oxygens (including phenoxy) is 1. The van der Waals surface area contributed by atoms with Crippen molar-refractivity contribution < 1.29 is 9.84 Å². The highest BCUT2D eigenvalue weighted by molar-refractivity contribution is 6.37. The van der Waals surface area contributed by atoms with Crippen LogP contribution in [-0.2, 0) is 13.2 Å². The number of hydrogen-bond donors (Lipinski definition) is 2. The van der Waals surface area contributed by atoms with Crippen LogP contribution in [0.15, 0.2) is 48.5 Å². The third-order valence-electron chi connectivity index (χ3n) is 3.96. The van der Waals surface area contributed by atoms with E-state index >= 15 is 0 Å². The van der Waals surface area contributed by atoms with Crippen LogP contribution in [0.25, 0.3) is 0 Å². The number of hydrogen-bond acceptors (Lipinski definition) is 3. The average Bonchev–Trinajstić information content (AvgIpc) is 2.65. The van der Waals surface area contributed by atoms with Gasteiger partial charge in [0.2, 0.25) is 0 Å². The molecule has 0 atom stereocenters. The van der Waals surface area contributed by atoms with Gasteiger partial charge < -0.3 is 15.2 Å². The molecule has 3 aromatic carbocycles. The summed E-state index contributed by atoms with van der Waals surface area (Å²) in [6, 6.07) is 13.8. The van der Waals surface area contributed by atoms with Gasteiger partial charge in [-0.15, -0.1) is 0 Å². The molecule has 0 aromatic heterocycles. The Balaban J connectivity index is 1.77. The van der Waals surface area contributed by atoms with E-state index < -0.39 is 0 Å². The molecule has 3 nitrogen and oxygen atoms in total. The highest BCUT2D eigenvalue weighted by Crippen LogP contribution is 2.35. The van der Waals surface area contributed by atoms with E-state index in [4.69, 9.17) is 62.7 Å². The molecule has 0 spiro atoms. The number of aromatic hydroxyl groups is 1. The fourth-order valence-corrected chi connectivity index (χ4v) is 3.70. The second-order valence-electron chi connectivity index (χ2n) is 5.88. The number of rotatable bonds is 6. The van der Waals surface area contributed by atoms with Gasteiger partial charge >= 0.3 is 0 Å². The highest BCUT2D eigenvalue weighted by atomic mass is 35.5. The van der Waals surface area contributed by atoms with Gasteiger partial charge in [0.05, 0.1) is 10.0 Å². The van der Waals surface area contributed by atoms with E-state index in [0.717, 1.165) is 5.56 Å². The standard InChI is InChI=1S/C20H14Cl5NO2/c21-12-4-5-19(28-10-14-15(22)2-1-3-16(14)23)11(6-12)9-26-13-7-17(24)20(27)18(25)8-13/h1-8,26-27H,9-10H2. The van der Waals surface area contributed by atoms with Crippen molar-refractivity contribution in [1.82, 2.24) is 0 Å². The van der Waals surface area contributed by atoms with Crippen LogP contribution in [0.3, 0.4) is 0 Å². The van der Waals surface area contributed by atoms with Gasteiger partial charge in [0, 0.05) is 38.4 Å². The van der Waals surface area contributed by atoms with Gasteiger partial charge in [-0.25, -0.2) is 0 Å². The lowest BCUT2D eigenvalue weighted by Gasteiger charge is -2.15. The molecule has 2 N–H and O–H groups in total. The molecule has 3 rings (SSSR count). The molecule has 0 aliphatic carbocycles. The Labute approximate surface area is 187 Å². The fraction of sp³-hybridized carbons (Fsp3) is 0.100. The third-order valence-corrected chi connectivity index (χ3v) is 5.48. The molecule has 0 saturated carbocycles. The maximum absolute atomic E-state index is 9.67. The van der Waals surface area contributed by atoms with E-state index in [0.29, 0.717) is 38.6 Å². The van der Waals surface area contributed by atoms with Crippen molar-refractivity contribution in [2.24, 2.45) is 0 Å². The van der Waals surface area contributed by atoms with E-state index in [2.05, 4.69) is 5.32 Å². The average molecular weight is 478 g/mol. The van der Waals surface area contributed by atoms with Gasteiger partial charge in [0.25, 0.3) is 0 Å². The SMILES string of the molecule is Oc1c(Cl)cc(NCc2cc(Cl)ccc2OCc2c(Cl)cccc2Cl)cc1Cl. The topological polar surface area (TPSA) is 41.5 Å². The Morgan fingerprint density at radius 1 is 0.821 bits per heavy atom. The summed E-state index contributed by atoms with van der Waals surface area (Å²) in [6.07, 6.45) is 0. The first kappa shape index (κ1) is 21.2. The predicted octanol–water partition coefficient (Wildman–Crippen LogP) is 7.85. The summed E-state index contributed by atoms with van der Waals surface area (Å²) < 4.78 is 5.94. The Morgan fingerprint density at radius 3 is 2.11 bits per heavy atom. The van der Waals surface area contributed by atoms with E-state index in [1.165, 1.54) is 0 Å². The molecule has 0 aliphatic rings. The van der Waals surface area contributed by atoms with Crippen molar-refractivity contribution in [3.8, 4) is 11.5 Å². The second kappa shape index (κ2) is 9.34. The number of anilines is 1. The Kier molecular flexibility index (Phi) is 7.08. The zero-order valence-corrected chi connectivity index (χ0v) is 18.1. The Bertz CT molecular complexity index is 967. The molecule has 0 radical (unpaired) electrons. The Morgan fingerprint density at radius 2 is 1.46 bits per heavy atom. The van der Waals surface area contributed by atoms with Gasteiger partial charge in [0.15, 0.2) is 5.75 Å². The highest BCUT2D eigenvalue weighted by Gasteiger charge is 2.11. The van der Waals surface area contributed by atoms with Crippen LogP contribution in [0.4, 0.5) is 5.69 Å². The summed E-state index contributed by atoms with van der Waals surface area (Å²) in [6.45, 7) is 0.605. The van der Waals surface area contributed by atoms with Crippen molar-refractivity contribution in [3.63, 3.8) is 0 Å². The van der Waals surface area contributed by atoms with Gasteiger partial charge in [0.1, 0.15) is 12.4 Å². The number of phenols is 1. The van der Waals surface area contributed by atoms with Gasteiger partial charge in [-0.05, 0) is 42.5 Å². The molecule has 0 saturated heterocycles. The fourth-order valence-electron chi connectivity index (χ4n) is 2.51. The predicted molar refractivity (Wildman–Crippen MR) is 118 cm³/mol. The second-order valence-corrected chi connectivity index (χ2v) is 7.95. The van der Waals surface area contributed by atoms with E-state index in [1.807, 2.05) is 0 Å². The first-order valence-corrected chi connectivity index (χ1v) is 10.00. The van der Waals surface area contributed by atoms with Crippen LogP contribution in [0.1, 0.15) is 11.1 Å². The number of nitrogens with one attached hydrogen (secondary N) is 1. The molecule has 0 heterocycles. The van der Waals surface area contributed by atoms with Crippen LogP contribution in [0, 0.1) is 0 Å². The monoisotopic (exact) mass is 475 g/mol. The van der Waals surface area contributed by atoms with Crippen molar-refractivity contribution in [3.05, 3.63) is 84.8 Å². The van der Waals surface area contributed by atoms with Crippen LogP contribution in [0.5, 0.6) is 11.5 Å². The smallest absolute Gasteiger partial charge is 0.152 e. The van der Waals surface area contributed by atoms with E-state index in [-0.39, 0.29) is 22.4 Å². The van der Waals surface area contributed by atoms with Crippen LogP contribution in [0.2, 0.25) is 25.1 Å². The lowest BCUT2D eigenvalue weighted by molar-refractivity contribution is 0.303. The minimum absolute atomic E-state index is 0.155. The van der Waals surface area contributed by atoms with Crippen molar-refractivity contribution in [2.75, 3.05) is 5.32 Å². The number of benzene rings is 3. The number of halogens is 5. The maximum Gasteiger partial charge on any atom is 0.152 e. The zero-order chi connectivity index (χ0) is 20.3. The lowest BCUT2D eigenvalue weighted by Crippen LogP contribution is -2.04. The van der Waals surface area contributed by atoms with Crippen molar-refractivity contribution in [2.45, 2.75) is 13.2 Å². The number of phenolic OH excluding ortho intramolecular Hbond substituents is 1. The normalized spacial score (nSPS) is 10.8. The largest absolute Gasteiger partial charge is 0.505 e. The quantitative estimate of drug-likeness (QED) is 0.355. The third kappa shape index (κ3) is 5.11. The summed E-state index contributed by atoms with van der Waals surface area (Å²) >= 11 is 30.5. The van der Waals surface area contributed by atoms with Crippen molar-refractivity contribution in [1.29, 1.82) is 0 Å². The van der Waals surface area contributed by atoms with Gasteiger partial charge in [-0.3, -0.25) is 0 Å². The summed E-state index contributed by atoms with van der Waals surface area (Å²) in [7, 11) is 0. The van der Waals surface area contributed by atoms with Crippen LogP contribution in [-0.4, -0.2) is 5.11 Å². The molecule has 0 bridgehead atoms. The minimum atomic E-state index is -0.155. The molecule has 146 valence electrons. The summed E-state index contributed by atoms with van der Waals surface area (Å²) in [5.41, 5.74) is 2.17. The zero-order valence-electron chi connectivity index (χ0n) is 14.3. The molecule has 3 aromatic rings. The summed E-state index contributed by atoms with van der Waals surface area (Å²) in [4.78, 5) is 0. The maximum atomic E-state index is 9.67.